The lowest BCUT2D eigenvalue weighted by atomic mass is 9.72. The summed E-state index contributed by atoms with van der Waals surface area (Å²) in [6.07, 6.45) is 9.35. The summed E-state index contributed by atoms with van der Waals surface area (Å²) in [5, 5.41) is -0.998. The molecule has 2 atom stereocenters. The van der Waals surface area contributed by atoms with Gasteiger partial charge in [-0.05, 0) is 44.4 Å². The topological polar surface area (TPSA) is 57.7 Å². The largest absolute Gasteiger partial charge is 0.348 e. The van der Waals surface area contributed by atoms with Crippen LogP contribution in [0.15, 0.2) is 12.2 Å². The monoisotopic (exact) mass is 314 g/mol. The van der Waals surface area contributed by atoms with Crippen LogP contribution < -0.4 is 0 Å². The van der Waals surface area contributed by atoms with Crippen molar-refractivity contribution in [3.8, 4) is 0 Å². The smallest absolute Gasteiger partial charge is 0.241 e. The molecule has 0 aromatic carbocycles. The van der Waals surface area contributed by atoms with E-state index in [1.54, 1.807) is 18.4 Å². The van der Waals surface area contributed by atoms with E-state index in [1.807, 2.05) is 0 Å². The predicted octanol–water partition coefficient (Wildman–Crippen LogP) is 1.62. The van der Waals surface area contributed by atoms with Gasteiger partial charge in [0.2, 0.25) is 15.9 Å². The summed E-state index contributed by atoms with van der Waals surface area (Å²) in [5.74, 6) is -0.349. The molecule has 1 fully saturated rings. The summed E-state index contributed by atoms with van der Waals surface area (Å²) < 4.78 is 27.0. The average molecular weight is 314 g/mol. The van der Waals surface area contributed by atoms with Crippen molar-refractivity contribution in [3.63, 3.8) is 0 Å². The zero-order chi connectivity index (χ0) is 15.7. The number of sulfonamides is 1. The number of hydrogen-bond donors (Lipinski definition) is 0. The van der Waals surface area contributed by atoms with Crippen LogP contribution in [0.1, 0.15) is 39.0 Å². The van der Waals surface area contributed by atoms with Crippen molar-refractivity contribution in [2.24, 2.45) is 5.41 Å². The van der Waals surface area contributed by atoms with Crippen LogP contribution in [-0.2, 0) is 14.8 Å². The summed E-state index contributed by atoms with van der Waals surface area (Å²) in [4.78, 5) is 13.4. The first-order valence-corrected chi connectivity index (χ1v) is 9.14. The number of rotatable bonds is 3. The number of nitrogens with zero attached hydrogens (tertiary/aromatic N) is 2. The van der Waals surface area contributed by atoms with Gasteiger partial charge in [0.15, 0.2) is 5.25 Å². The molecule has 6 heteroatoms. The molecule has 5 nitrogen and oxygen atoms in total. The van der Waals surface area contributed by atoms with Crippen LogP contribution in [-0.4, -0.2) is 56.0 Å². The molecule has 0 bridgehead atoms. The van der Waals surface area contributed by atoms with E-state index in [0.717, 1.165) is 32.1 Å². The van der Waals surface area contributed by atoms with Gasteiger partial charge in [-0.15, -0.1) is 0 Å². The number of allylic oxidation sites excluding steroid dienone is 2. The first-order chi connectivity index (χ1) is 9.78. The first kappa shape index (κ1) is 16.5. The second kappa shape index (κ2) is 6.08. The fourth-order valence-corrected chi connectivity index (χ4v) is 5.16. The normalized spacial score (nSPS) is 28.5. The highest BCUT2D eigenvalue weighted by molar-refractivity contribution is 7.90. The first-order valence-electron chi connectivity index (χ1n) is 7.64. The van der Waals surface area contributed by atoms with Crippen LogP contribution in [0.25, 0.3) is 0 Å². The highest BCUT2D eigenvalue weighted by Crippen LogP contribution is 2.41. The highest BCUT2D eigenvalue weighted by atomic mass is 32.2. The molecule has 1 saturated heterocycles. The molecule has 1 aliphatic carbocycles. The van der Waals surface area contributed by atoms with Crippen LogP contribution >= 0.6 is 0 Å². The molecule has 0 aromatic rings. The minimum absolute atomic E-state index is 0.0843. The molecular weight excluding hydrogens is 288 g/mol. The third-order valence-electron chi connectivity index (χ3n) is 4.78. The van der Waals surface area contributed by atoms with Gasteiger partial charge in [0, 0.05) is 27.2 Å². The van der Waals surface area contributed by atoms with Gasteiger partial charge in [-0.3, -0.25) is 4.79 Å². The summed E-state index contributed by atoms with van der Waals surface area (Å²) in [6, 6.07) is 0. The van der Waals surface area contributed by atoms with Crippen LogP contribution in [0.3, 0.4) is 0 Å². The number of hydrogen-bond acceptors (Lipinski definition) is 3. The number of carbonyl (C=O) groups excluding carboxylic acids is 1. The van der Waals surface area contributed by atoms with Crippen molar-refractivity contribution in [1.82, 2.24) is 9.21 Å². The van der Waals surface area contributed by atoms with Gasteiger partial charge >= 0.3 is 0 Å². The van der Waals surface area contributed by atoms with E-state index in [1.165, 1.54) is 11.8 Å². The average Bonchev–Trinajstić information content (AvgIpc) is 2.46. The van der Waals surface area contributed by atoms with Gasteiger partial charge in [-0.25, -0.2) is 12.7 Å². The molecular formula is C15H26N2O3S. The van der Waals surface area contributed by atoms with Gasteiger partial charge in [0.25, 0.3) is 0 Å². The molecule has 2 aliphatic rings. The van der Waals surface area contributed by atoms with E-state index in [2.05, 4.69) is 12.2 Å². The summed E-state index contributed by atoms with van der Waals surface area (Å²) in [7, 11) is -0.373. The van der Waals surface area contributed by atoms with E-state index in [0.29, 0.717) is 13.1 Å². The van der Waals surface area contributed by atoms with E-state index in [4.69, 9.17) is 0 Å². The molecule has 1 spiro atoms. The van der Waals surface area contributed by atoms with Gasteiger partial charge in [0.1, 0.15) is 0 Å². The molecule has 21 heavy (non-hydrogen) atoms. The Hall–Kier alpha value is -0.880. The van der Waals surface area contributed by atoms with Crippen LogP contribution in [0.5, 0.6) is 0 Å². The Morgan fingerprint density at radius 3 is 2.57 bits per heavy atom. The lowest BCUT2D eigenvalue weighted by molar-refractivity contribution is -0.128. The molecule has 0 N–H and O–H groups in total. The Bertz CT molecular complexity index is 527. The zero-order valence-corrected chi connectivity index (χ0v) is 14.0. The van der Waals surface area contributed by atoms with Crippen molar-refractivity contribution in [2.75, 3.05) is 27.2 Å². The van der Waals surface area contributed by atoms with Gasteiger partial charge < -0.3 is 4.90 Å². The molecule has 0 unspecified atom stereocenters. The molecule has 120 valence electrons. The summed E-state index contributed by atoms with van der Waals surface area (Å²) >= 11 is 0. The second-order valence-electron chi connectivity index (χ2n) is 6.57. The standard InChI is InChI=1S/C15H26N2O3S/c1-13(14(18)16(2)3)21(19,20)17-11-7-10-15(12-17)8-5-4-6-9-15/h4-5,13H,6-12H2,1-3H3/t13-,15+/m1/s1. The Kier molecular flexibility index (Phi) is 4.78. The fraction of sp³-hybridized carbons (Fsp3) is 0.800. The molecule has 0 radical (unpaired) electrons. The molecule has 0 saturated carbocycles. The van der Waals surface area contributed by atoms with Crippen LogP contribution in [0, 0.1) is 5.41 Å². The zero-order valence-electron chi connectivity index (χ0n) is 13.2. The Morgan fingerprint density at radius 2 is 2.00 bits per heavy atom. The highest BCUT2D eigenvalue weighted by Gasteiger charge is 2.42. The maximum Gasteiger partial charge on any atom is 0.241 e. The lowest BCUT2D eigenvalue weighted by Crippen LogP contribution is -2.51. The third-order valence-corrected chi connectivity index (χ3v) is 6.91. The van der Waals surface area contributed by atoms with Crippen molar-refractivity contribution < 1.29 is 13.2 Å². The van der Waals surface area contributed by atoms with Crippen LogP contribution in [0.4, 0.5) is 0 Å². The second-order valence-corrected chi connectivity index (χ2v) is 8.82. The van der Waals surface area contributed by atoms with Gasteiger partial charge in [-0.2, -0.15) is 0 Å². The minimum atomic E-state index is -3.56. The molecule has 1 heterocycles. The van der Waals surface area contributed by atoms with Crippen molar-refractivity contribution in [3.05, 3.63) is 12.2 Å². The van der Waals surface area contributed by atoms with Crippen molar-refractivity contribution >= 4 is 15.9 Å². The Labute approximate surface area is 128 Å². The summed E-state index contributed by atoms with van der Waals surface area (Å²) in [5.41, 5.74) is 0.0843. The number of carbonyl (C=O) groups is 1. The van der Waals surface area contributed by atoms with Crippen molar-refractivity contribution in [1.29, 1.82) is 0 Å². The van der Waals surface area contributed by atoms with E-state index < -0.39 is 15.3 Å². The SMILES string of the molecule is C[C@H](C(=O)N(C)C)S(=O)(=O)N1CCC[C@@]2(CC=CCC2)C1. The molecule has 2 rings (SSSR count). The number of piperidine rings is 1. The van der Waals surface area contributed by atoms with E-state index >= 15 is 0 Å². The maximum absolute atomic E-state index is 12.7. The van der Waals surface area contributed by atoms with E-state index in [-0.39, 0.29) is 11.3 Å². The quantitative estimate of drug-likeness (QED) is 0.744. The van der Waals surface area contributed by atoms with Crippen molar-refractivity contribution in [2.45, 2.75) is 44.3 Å². The van der Waals surface area contributed by atoms with Gasteiger partial charge in [-0.1, -0.05) is 12.2 Å². The van der Waals surface area contributed by atoms with E-state index in [9.17, 15) is 13.2 Å². The lowest BCUT2D eigenvalue weighted by Gasteiger charge is -2.43. The maximum atomic E-state index is 12.7. The summed E-state index contributed by atoms with van der Waals surface area (Å²) in [6.45, 7) is 2.60. The molecule has 1 aliphatic heterocycles. The Balaban J connectivity index is 2.16. The predicted molar refractivity (Wildman–Crippen MR) is 83.3 cm³/mol. The van der Waals surface area contributed by atoms with Crippen LogP contribution in [0.2, 0.25) is 0 Å². The third kappa shape index (κ3) is 3.31. The minimum Gasteiger partial charge on any atom is -0.348 e. The fourth-order valence-electron chi connectivity index (χ4n) is 3.41. The Morgan fingerprint density at radius 1 is 1.29 bits per heavy atom. The number of amides is 1. The molecule has 1 amide bonds. The van der Waals surface area contributed by atoms with Gasteiger partial charge in [0.05, 0.1) is 0 Å². The molecule has 0 aromatic heterocycles.